The molecule has 0 aliphatic heterocycles. The van der Waals surface area contributed by atoms with Crippen molar-refractivity contribution < 1.29 is 19.0 Å². The van der Waals surface area contributed by atoms with Crippen molar-refractivity contribution in [3.05, 3.63) is 64.1 Å². The van der Waals surface area contributed by atoms with Crippen LogP contribution in [0.1, 0.15) is 18.1 Å². The Morgan fingerprint density at radius 2 is 1.93 bits per heavy atom. The van der Waals surface area contributed by atoms with Crippen LogP contribution in [0.4, 0.5) is 0 Å². The molecule has 5 nitrogen and oxygen atoms in total. The number of carbonyl (C=O) groups excluding carboxylic acids is 1. The molecule has 0 unspecified atom stereocenters. The SMILES string of the molecule is CCOc1ccc(Br)cc1/C=C/C(=O)Oc1ccc(/C=C\C#N)cc1OC. The average Bonchev–Trinajstić information content (AvgIpc) is 2.67. The molecule has 0 radical (unpaired) electrons. The molecule has 0 saturated carbocycles. The van der Waals surface area contributed by atoms with Crippen molar-refractivity contribution in [2.24, 2.45) is 0 Å². The third-order valence-electron chi connectivity index (χ3n) is 3.42. The third kappa shape index (κ3) is 6.01. The highest BCUT2D eigenvalue weighted by Gasteiger charge is 2.09. The highest BCUT2D eigenvalue weighted by atomic mass is 79.9. The Hall–Kier alpha value is -3.04. The molecule has 2 rings (SSSR count). The molecule has 0 aromatic heterocycles. The minimum Gasteiger partial charge on any atom is -0.493 e. The van der Waals surface area contributed by atoms with Gasteiger partial charge in [-0.3, -0.25) is 0 Å². The van der Waals surface area contributed by atoms with Crippen LogP contribution in [0, 0.1) is 11.3 Å². The van der Waals surface area contributed by atoms with E-state index < -0.39 is 5.97 Å². The molecular formula is C21H18BrNO4. The van der Waals surface area contributed by atoms with Gasteiger partial charge in [-0.05, 0) is 55.0 Å². The van der Waals surface area contributed by atoms with Gasteiger partial charge < -0.3 is 14.2 Å². The maximum Gasteiger partial charge on any atom is 0.336 e. The summed E-state index contributed by atoms with van der Waals surface area (Å²) in [5.74, 6) is 0.821. The Morgan fingerprint density at radius 1 is 1.15 bits per heavy atom. The van der Waals surface area contributed by atoms with Crippen molar-refractivity contribution in [2.45, 2.75) is 6.92 Å². The lowest BCUT2D eigenvalue weighted by Crippen LogP contribution is -2.05. The number of esters is 1. The first kappa shape index (κ1) is 20.3. The molecule has 0 heterocycles. The van der Waals surface area contributed by atoms with Crippen LogP contribution in [-0.2, 0) is 4.79 Å². The summed E-state index contributed by atoms with van der Waals surface area (Å²) >= 11 is 3.40. The maximum atomic E-state index is 12.2. The summed E-state index contributed by atoms with van der Waals surface area (Å²) in [7, 11) is 1.48. The number of benzene rings is 2. The van der Waals surface area contributed by atoms with Gasteiger partial charge in [0.05, 0.1) is 19.8 Å². The van der Waals surface area contributed by atoms with E-state index in [1.165, 1.54) is 19.3 Å². The Labute approximate surface area is 166 Å². The lowest BCUT2D eigenvalue weighted by molar-refractivity contribution is -0.129. The summed E-state index contributed by atoms with van der Waals surface area (Å²) in [4.78, 5) is 12.2. The molecule has 0 bridgehead atoms. The molecule has 2 aromatic rings. The van der Waals surface area contributed by atoms with Crippen molar-refractivity contribution in [1.29, 1.82) is 5.26 Å². The Bertz CT molecular complexity index is 913. The number of hydrogen-bond acceptors (Lipinski definition) is 5. The van der Waals surface area contributed by atoms with Crippen molar-refractivity contribution in [1.82, 2.24) is 0 Å². The van der Waals surface area contributed by atoms with E-state index in [-0.39, 0.29) is 0 Å². The lowest BCUT2D eigenvalue weighted by atomic mass is 10.2. The molecule has 0 aliphatic rings. The van der Waals surface area contributed by atoms with Crippen molar-refractivity contribution in [3.63, 3.8) is 0 Å². The van der Waals surface area contributed by atoms with Gasteiger partial charge in [-0.15, -0.1) is 0 Å². The first-order valence-electron chi connectivity index (χ1n) is 8.13. The zero-order valence-electron chi connectivity index (χ0n) is 14.9. The third-order valence-corrected chi connectivity index (χ3v) is 3.91. The van der Waals surface area contributed by atoms with Gasteiger partial charge in [0, 0.05) is 22.2 Å². The number of carbonyl (C=O) groups is 1. The van der Waals surface area contributed by atoms with Gasteiger partial charge in [0.15, 0.2) is 11.5 Å². The second kappa shape index (κ2) is 10.2. The van der Waals surface area contributed by atoms with Crippen LogP contribution < -0.4 is 14.2 Å². The van der Waals surface area contributed by atoms with Gasteiger partial charge in [0.2, 0.25) is 0 Å². The van der Waals surface area contributed by atoms with Gasteiger partial charge in [0.1, 0.15) is 5.75 Å². The van der Waals surface area contributed by atoms with Gasteiger partial charge in [-0.2, -0.15) is 5.26 Å². The smallest absolute Gasteiger partial charge is 0.336 e. The van der Waals surface area contributed by atoms with E-state index in [0.717, 1.165) is 15.6 Å². The number of nitriles is 1. The zero-order valence-corrected chi connectivity index (χ0v) is 16.5. The number of nitrogens with zero attached hydrogens (tertiary/aromatic N) is 1. The highest BCUT2D eigenvalue weighted by molar-refractivity contribution is 9.10. The molecule has 0 spiro atoms. The first-order chi connectivity index (χ1) is 13.1. The second-order valence-electron chi connectivity index (χ2n) is 5.24. The molecule has 0 fully saturated rings. The van der Waals surface area contributed by atoms with E-state index in [4.69, 9.17) is 19.5 Å². The maximum absolute atomic E-state index is 12.2. The zero-order chi connectivity index (χ0) is 19.6. The van der Waals surface area contributed by atoms with Gasteiger partial charge in [0.25, 0.3) is 0 Å². The van der Waals surface area contributed by atoms with Crippen molar-refractivity contribution in [3.8, 4) is 23.3 Å². The lowest BCUT2D eigenvalue weighted by Gasteiger charge is -2.09. The second-order valence-corrected chi connectivity index (χ2v) is 6.16. The van der Waals surface area contributed by atoms with Crippen LogP contribution in [0.2, 0.25) is 0 Å². The summed E-state index contributed by atoms with van der Waals surface area (Å²) in [5, 5.41) is 8.59. The van der Waals surface area contributed by atoms with Gasteiger partial charge >= 0.3 is 5.97 Å². The summed E-state index contributed by atoms with van der Waals surface area (Å²) < 4.78 is 17.0. The van der Waals surface area contributed by atoms with E-state index in [1.807, 2.05) is 31.2 Å². The van der Waals surface area contributed by atoms with Crippen LogP contribution in [0.15, 0.2) is 53.0 Å². The molecule has 0 amide bonds. The van der Waals surface area contributed by atoms with Crippen LogP contribution in [0.3, 0.4) is 0 Å². The number of methoxy groups -OCH3 is 1. The van der Waals surface area contributed by atoms with E-state index in [0.29, 0.717) is 23.9 Å². The number of halogens is 1. The van der Waals surface area contributed by atoms with Crippen LogP contribution in [0.25, 0.3) is 12.2 Å². The quantitative estimate of drug-likeness (QED) is 0.268. The normalized spacial score (nSPS) is 10.7. The molecule has 0 atom stereocenters. The number of hydrogen-bond donors (Lipinski definition) is 0. The fraction of sp³-hybridized carbons (Fsp3) is 0.143. The molecular weight excluding hydrogens is 410 g/mol. The summed E-state index contributed by atoms with van der Waals surface area (Å²) in [6, 6.07) is 12.5. The summed E-state index contributed by atoms with van der Waals surface area (Å²) in [6.45, 7) is 2.42. The summed E-state index contributed by atoms with van der Waals surface area (Å²) in [5.41, 5.74) is 1.52. The average molecular weight is 428 g/mol. The topological polar surface area (TPSA) is 68.5 Å². The van der Waals surface area contributed by atoms with Gasteiger partial charge in [-0.1, -0.05) is 22.0 Å². The predicted octanol–water partition coefficient (Wildman–Crippen LogP) is 5.01. The number of rotatable bonds is 7. The molecule has 6 heteroatoms. The minimum absolute atomic E-state index is 0.292. The van der Waals surface area contributed by atoms with Gasteiger partial charge in [-0.25, -0.2) is 4.79 Å². The van der Waals surface area contributed by atoms with Crippen molar-refractivity contribution >= 4 is 34.1 Å². The molecule has 0 N–H and O–H groups in total. The molecule has 0 saturated heterocycles. The largest absolute Gasteiger partial charge is 0.493 e. The highest BCUT2D eigenvalue weighted by Crippen LogP contribution is 2.29. The van der Waals surface area contributed by atoms with E-state index in [2.05, 4.69) is 15.9 Å². The van der Waals surface area contributed by atoms with Crippen molar-refractivity contribution in [2.75, 3.05) is 13.7 Å². The fourth-order valence-electron chi connectivity index (χ4n) is 2.24. The molecule has 2 aromatic carbocycles. The van der Waals surface area contributed by atoms with Crippen LogP contribution in [-0.4, -0.2) is 19.7 Å². The van der Waals surface area contributed by atoms with E-state index in [1.54, 1.807) is 30.4 Å². The Morgan fingerprint density at radius 3 is 2.63 bits per heavy atom. The Balaban J connectivity index is 2.16. The fourth-order valence-corrected chi connectivity index (χ4v) is 2.62. The van der Waals surface area contributed by atoms with E-state index >= 15 is 0 Å². The molecule has 27 heavy (non-hydrogen) atoms. The van der Waals surface area contributed by atoms with E-state index in [9.17, 15) is 4.79 Å². The summed E-state index contributed by atoms with van der Waals surface area (Å²) in [6.07, 6.45) is 5.95. The number of allylic oxidation sites excluding steroid dienone is 1. The van der Waals surface area contributed by atoms with Crippen LogP contribution >= 0.6 is 15.9 Å². The Kier molecular flexibility index (Phi) is 7.65. The monoisotopic (exact) mass is 427 g/mol. The molecule has 0 aliphatic carbocycles. The first-order valence-corrected chi connectivity index (χ1v) is 8.93. The van der Waals surface area contributed by atoms with Crippen LogP contribution in [0.5, 0.6) is 17.2 Å². The standard InChI is InChI=1S/C21H18BrNO4/c1-3-26-18-10-8-17(22)14-16(18)7-11-21(24)27-19-9-6-15(5-4-12-23)13-20(19)25-2/h4-11,13-14H,3H2,1-2H3/b5-4-,11-7+. The predicted molar refractivity (Wildman–Crippen MR) is 108 cm³/mol. The molecule has 138 valence electrons. The minimum atomic E-state index is -0.545. The number of ether oxygens (including phenoxy) is 3.